The Morgan fingerprint density at radius 1 is 1.41 bits per heavy atom. The van der Waals surface area contributed by atoms with Gasteiger partial charge in [-0.15, -0.1) is 11.3 Å². The molecule has 0 aliphatic heterocycles. The van der Waals surface area contributed by atoms with E-state index < -0.39 is 0 Å². The predicted octanol–water partition coefficient (Wildman–Crippen LogP) is 2.57. The van der Waals surface area contributed by atoms with E-state index in [1.807, 2.05) is 0 Å². The molecule has 0 saturated carbocycles. The summed E-state index contributed by atoms with van der Waals surface area (Å²) in [6, 6.07) is 5.93. The molecule has 0 aliphatic rings. The van der Waals surface area contributed by atoms with Gasteiger partial charge in [0.2, 0.25) is 11.8 Å². The second-order valence-electron chi connectivity index (χ2n) is 3.49. The number of hydrogen-bond acceptors (Lipinski definition) is 5. The van der Waals surface area contributed by atoms with Gasteiger partial charge in [0.1, 0.15) is 0 Å². The normalized spacial score (nSPS) is 10.2. The molecular formula is C12H15N3OS. The molecule has 2 rings (SSSR count). The third-order valence-corrected chi connectivity index (χ3v) is 3.28. The maximum atomic E-state index is 5.11. The molecule has 0 aliphatic carbocycles. The maximum absolute atomic E-state index is 5.11. The summed E-state index contributed by atoms with van der Waals surface area (Å²) in [6.07, 6.45) is 1.72. The average Bonchev–Trinajstić information content (AvgIpc) is 2.89. The first-order chi connectivity index (χ1) is 8.33. The summed E-state index contributed by atoms with van der Waals surface area (Å²) in [6.45, 7) is 3.79. The van der Waals surface area contributed by atoms with E-state index in [0.717, 1.165) is 13.1 Å². The molecule has 4 nitrogen and oxygen atoms in total. The van der Waals surface area contributed by atoms with Gasteiger partial charge in [0.25, 0.3) is 0 Å². The lowest BCUT2D eigenvalue weighted by molar-refractivity contribution is 0.396. The Kier molecular flexibility index (Phi) is 3.93. The summed E-state index contributed by atoms with van der Waals surface area (Å²) in [5.74, 6) is 1.31. The van der Waals surface area contributed by atoms with Crippen molar-refractivity contribution in [3.8, 4) is 5.88 Å². The van der Waals surface area contributed by atoms with Crippen LogP contribution >= 0.6 is 11.3 Å². The summed E-state index contributed by atoms with van der Waals surface area (Å²) in [7, 11) is 1.61. The molecule has 0 aromatic carbocycles. The first-order valence-corrected chi connectivity index (χ1v) is 6.35. The van der Waals surface area contributed by atoms with Crippen molar-refractivity contribution in [1.82, 2.24) is 9.97 Å². The van der Waals surface area contributed by atoms with Gasteiger partial charge in [-0.1, -0.05) is 6.07 Å². The molecule has 2 aromatic heterocycles. The minimum Gasteiger partial charge on any atom is -0.481 e. The fourth-order valence-electron chi connectivity index (χ4n) is 1.51. The van der Waals surface area contributed by atoms with Crippen molar-refractivity contribution in [2.45, 2.75) is 13.5 Å². The topological polar surface area (TPSA) is 38.2 Å². The van der Waals surface area contributed by atoms with Crippen LogP contribution in [-0.2, 0) is 6.54 Å². The number of hydrogen-bond donors (Lipinski definition) is 0. The van der Waals surface area contributed by atoms with Crippen LogP contribution in [0.2, 0.25) is 0 Å². The monoisotopic (exact) mass is 249 g/mol. The van der Waals surface area contributed by atoms with Gasteiger partial charge >= 0.3 is 0 Å². The van der Waals surface area contributed by atoms with Crippen LogP contribution in [0.25, 0.3) is 0 Å². The van der Waals surface area contributed by atoms with Crippen LogP contribution in [0.1, 0.15) is 11.8 Å². The van der Waals surface area contributed by atoms with Gasteiger partial charge in [0.15, 0.2) is 0 Å². The quantitative estimate of drug-likeness (QED) is 0.816. The number of ether oxygens (including phenoxy) is 1. The Morgan fingerprint density at radius 2 is 2.29 bits per heavy atom. The van der Waals surface area contributed by atoms with Crippen LogP contribution in [-0.4, -0.2) is 23.6 Å². The molecular weight excluding hydrogens is 234 g/mol. The van der Waals surface area contributed by atoms with Crippen LogP contribution in [0.15, 0.2) is 29.8 Å². The van der Waals surface area contributed by atoms with Crippen molar-refractivity contribution >= 4 is 17.3 Å². The maximum Gasteiger partial charge on any atom is 0.228 e. The van der Waals surface area contributed by atoms with Crippen LogP contribution < -0.4 is 9.64 Å². The lowest BCUT2D eigenvalue weighted by atomic mass is 10.4. The number of rotatable bonds is 5. The summed E-state index contributed by atoms with van der Waals surface area (Å²) in [5, 5.41) is 2.08. The molecule has 5 heteroatoms. The predicted molar refractivity (Wildman–Crippen MR) is 69.6 cm³/mol. The molecule has 0 N–H and O–H groups in total. The molecule has 0 unspecified atom stereocenters. The Hall–Kier alpha value is -1.62. The zero-order valence-electron chi connectivity index (χ0n) is 9.96. The third kappa shape index (κ3) is 2.94. The summed E-state index contributed by atoms with van der Waals surface area (Å²) in [5.41, 5.74) is 0. The van der Waals surface area contributed by atoms with Crippen molar-refractivity contribution < 1.29 is 4.74 Å². The zero-order valence-corrected chi connectivity index (χ0v) is 10.8. The smallest absolute Gasteiger partial charge is 0.228 e. The first kappa shape index (κ1) is 11.9. The van der Waals surface area contributed by atoms with Crippen molar-refractivity contribution in [3.63, 3.8) is 0 Å². The number of anilines is 1. The fourth-order valence-corrected chi connectivity index (χ4v) is 2.23. The number of aromatic nitrogens is 2. The zero-order chi connectivity index (χ0) is 12.1. The van der Waals surface area contributed by atoms with E-state index in [-0.39, 0.29) is 0 Å². The minimum atomic E-state index is 0.597. The number of nitrogens with zero attached hydrogens (tertiary/aromatic N) is 3. The van der Waals surface area contributed by atoms with E-state index in [2.05, 4.69) is 39.3 Å². The number of methoxy groups -OCH3 is 1. The molecule has 0 spiro atoms. The average molecular weight is 249 g/mol. The molecule has 2 heterocycles. The van der Waals surface area contributed by atoms with Crippen molar-refractivity contribution in [3.05, 3.63) is 34.7 Å². The molecule has 0 bridgehead atoms. The van der Waals surface area contributed by atoms with Gasteiger partial charge in [-0.2, -0.15) is 4.98 Å². The van der Waals surface area contributed by atoms with Crippen molar-refractivity contribution in [2.75, 3.05) is 18.6 Å². The van der Waals surface area contributed by atoms with E-state index in [0.29, 0.717) is 11.8 Å². The van der Waals surface area contributed by atoms with Crippen LogP contribution in [0, 0.1) is 0 Å². The molecule has 0 amide bonds. The highest BCUT2D eigenvalue weighted by atomic mass is 32.1. The Labute approximate surface area is 105 Å². The van der Waals surface area contributed by atoms with Gasteiger partial charge in [0.05, 0.1) is 13.7 Å². The molecule has 0 saturated heterocycles. The van der Waals surface area contributed by atoms with Crippen molar-refractivity contribution in [2.24, 2.45) is 0 Å². The Bertz CT molecular complexity index is 459. The summed E-state index contributed by atoms with van der Waals surface area (Å²) >= 11 is 1.74. The van der Waals surface area contributed by atoms with Crippen LogP contribution in [0.3, 0.4) is 0 Å². The minimum absolute atomic E-state index is 0.597. The van der Waals surface area contributed by atoms with Crippen molar-refractivity contribution in [1.29, 1.82) is 0 Å². The van der Waals surface area contributed by atoms with Gasteiger partial charge in [-0.05, 0) is 18.4 Å². The third-order valence-electron chi connectivity index (χ3n) is 2.42. The first-order valence-electron chi connectivity index (χ1n) is 5.48. The molecule has 0 atom stereocenters. The highest BCUT2D eigenvalue weighted by Crippen LogP contribution is 2.17. The van der Waals surface area contributed by atoms with Crippen LogP contribution in [0.4, 0.5) is 5.95 Å². The lowest BCUT2D eigenvalue weighted by Gasteiger charge is -2.19. The molecule has 0 radical (unpaired) electrons. The molecule has 90 valence electrons. The van der Waals surface area contributed by atoms with E-state index in [4.69, 9.17) is 4.74 Å². The van der Waals surface area contributed by atoms with Gasteiger partial charge in [-0.25, -0.2) is 4.98 Å². The van der Waals surface area contributed by atoms with Gasteiger partial charge < -0.3 is 9.64 Å². The summed E-state index contributed by atoms with van der Waals surface area (Å²) < 4.78 is 5.11. The van der Waals surface area contributed by atoms with E-state index in [9.17, 15) is 0 Å². The Morgan fingerprint density at radius 3 is 2.94 bits per heavy atom. The highest BCUT2D eigenvalue weighted by molar-refractivity contribution is 7.09. The highest BCUT2D eigenvalue weighted by Gasteiger charge is 2.09. The van der Waals surface area contributed by atoms with Crippen LogP contribution in [0.5, 0.6) is 5.88 Å². The van der Waals surface area contributed by atoms with Gasteiger partial charge in [-0.3, -0.25) is 0 Å². The number of thiophene rings is 1. The molecule has 0 fully saturated rings. The molecule has 2 aromatic rings. The molecule has 17 heavy (non-hydrogen) atoms. The largest absolute Gasteiger partial charge is 0.481 e. The summed E-state index contributed by atoms with van der Waals surface area (Å²) in [4.78, 5) is 12.0. The fraction of sp³-hybridized carbons (Fsp3) is 0.333. The Balaban J connectivity index is 2.16. The van der Waals surface area contributed by atoms with E-state index in [1.165, 1.54) is 4.88 Å². The second kappa shape index (κ2) is 5.63. The second-order valence-corrected chi connectivity index (χ2v) is 4.52. The lowest BCUT2D eigenvalue weighted by Crippen LogP contribution is -2.23. The van der Waals surface area contributed by atoms with Gasteiger partial charge in [0, 0.05) is 23.7 Å². The van der Waals surface area contributed by atoms with E-state index >= 15 is 0 Å². The van der Waals surface area contributed by atoms with E-state index in [1.54, 1.807) is 30.7 Å². The standard InChI is InChI=1S/C12H15N3OS/c1-3-15(9-10-5-4-8-17-10)12-13-7-6-11(14-12)16-2/h4-8H,3,9H2,1-2H3. The SMILES string of the molecule is CCN(Cc1cccs1)c1nccc(OC)n1.